The maximum absolute atomic E-state index is 10.7. The zero-order chi connectivity index (χ0) is 13.0. The van der Waals surface area contributed by atoms with Gasteiger partial charge in [0.05, 0.1) is 0 Å². The van der Waals surface area contributed by atoms with E-state index in [1.54, 1.807) is 12.4 Å². The summed E-state index contributed by atoms with van der Waals surface area (Å²) in [6, 6.07) is 3.74. The molecule has 0 aliphatic rings. The van der Waals surface area contributed by atoms with Crippen LogP contribution < -0.4 is 5.73 Å². The van der Waals surface area contributed by atoms with Crippen LogP contribution in [0.1, 0.15) is 12.8 Å². The van der Waals surface area contributed by atoms with Crippen molar-refractivity contribution >= 4 is 18.1 Å². The van der Waals surface area contributed by atoms with E-state index in [-0.39, 0.29) is 5.91 Å². The highest BCUT2D eigenvalue weighted by Gasteiger charge is 2.08. The zero-order valence-electron chi connectivity index (χ0n) is 9.67. The molecular weight excluding hydrogens is 250 g/mol. The average Bonchev–Trinajstić information content (AvgIpc) is 2.72. The second kappa shape index (κ2) is 5.54. The molecule has 2 aromatic heterocycles. The Balaban J connectivity index is 2.22. The lowest BCUT2D eigenvalue weighted by atomic mass is 10.2. The number of nitrogens with two attached hydrogens (primary N) is 1. The molecule has 0 aliphatic heterocycles. The molecule has 0 unspecified atom stereocenters. The number of primary amides is 1. The number of hydrogen-bond donors (Lipinski definition) is 2. The SMILES string of the molecule is NC(=O)CCCn1c(-c2cccnc2)n[nH]c1=S. The van der Waals surface area contributed by atoms with Gasteiger partial charge in [-0.15, -0.1) is 0 Å². The number of aromatic amines is 1. The molecule has 0 spiro atoms. The number of nitrogens with zero attached hydrogens (tertiary/aromatic N) is 3. The highest BCUT2D eigenvalue weighted by molar-refractivity contribution is 7.71. The summed E-state index contributed by atoms with van der Waals surface area (Å²) in [5.41, 5.74) is 5.99. The van der Waals surface area contributed by atoms with Crippen molar-refractivity contribution in [3.63, 3.8) is 0 Å². The van der Waals surface area contributed by atoms with E-state index in [4.69, 9.17) is 18.0 Å². The van der Waals surface area contributed by atoms with E-state index in [9.17, 15) is 4.79 Å². The van der Waals surface area contributed by atoms with Gasteiger partial charge >= 0.3 is 0 Å². The topological polar surface area (TPSA) is 89.6 Å². The smallest absolute Gasteiger partial charge is 0.217 e. The molecule has 3 N–H and O–H groups in total. The summed E-state index contributed by atoms with van der Waals surface area (Å²) < 4.78 is 2.37. The number of rotatable bonds is 5. The minimum absolute atomic E-state index is 0.312. The number of aromatic nitrogens is 4. The van der Waals surface area contributed by atoms with Crippen LogP contribution in [0.2, 0.25) is 0 Å². The molecule has 0 radical (unpaired) electrons. The van der Waals surface area contributed by atoms with Gasteiger partial charge in [0, 0.05) is 30.9 Å². The van der Waals surface area contributed by atoms with Crippen LogP contribution in [0.15, 0.2) is 24.5 Å². The van der Waals surface area contributed by atoms with Crippen LogP contribution in [0, 0.1) is 4.77 Å². The largest absolute Gasteiger partial charge is 0.370 e. The summed E-state index contributed by atoms with van der Waals surface area (Å²) in [7, 11) is 0. The molecule has 2 heterocycles. The van der Waals surface area contributed by atoms with E-state index in [2.05, 4.69) is 15.2 Å². The fourth-order valence-electron chi connectivity index (χ4n) is 1.65. The Morgan fingerprint density at radius 3 is 3.06 bits per heavy atom. The van der Waals surface area contributed by atoms with Gasteiger partial charge in [0.1, 0.15) is 0 Å². The molecule has 7 heteroatoms. The molecule has 18 heavy (non-hydrogen) atoms. The lowest BCUT2D eigenvalue weighted by Gasteiger charge is -2.05. The lowest BCUT2D eigenvalue weighted by Crippen LogP contribution is -2.12. The third-order valence-electron chi connectivity index (χ3n) is 2.48. The van der Waals surface area contributed by atoms with E-state index in [1.807, 2.05) is 16.7 Å². The van der Waals surface area contributed by atoms with Crippen LogP contribution in [0.3, 0.4) is 0 Å². The Morgan fingerprint density at radius 2 is 2.39 bits per heavy atom. The normalized spacial score (nSPS) is 10.4. The minimum atomic E-state index is -0.312. The number of nitrogens with one attached hydrogen (secondary N) is 1. The van der Waals surface area contributed by atoms with Crippen LogP contribution in [0.25, 0.3) is 11.4 Å². The Kier molecular flexibility index (Phi) is 3.83. The Bertz CT molecular complexity index is 589. The second-order valence-electron chi connectivity index (χ2n) is 3.82. The molecule has 0 fully saturated rings. The van der Waals surface area contributed by atoms with Crippen molar-refractivity contribution in [2.24, 2.45) is 5.73 Å². The minimum Gasteiger partial charge on any atom is -0.370 e. The molecule has 0 saturated heterocycles. The lowest BCUT2D eigenvalue weighted by molar-refractivity contribution is -0.118. The maximum atomic E-state index is 10.7. The molecule has 1 amide bonds. The summed E-state index contributed by atoms with van der Waals surface area (Å²) in [5.74, 6) is 0.408. The van der Waals surface area contributed by atoms with Gasteiger partial charge < -0.3 is 10.3 Å². The van der Waals surface area contributed by atoms with Gasteiger partial charge in [0.15, 0.2) is 10.6 Å². The summed E-state index contributed by atoms with van der Waals surface area (Å²) in [4.78, 5) is 14.8. The predicted octanol–water partition coefficient (Wildman–Crippen LogP) is 1.27. The van der Waals surface area contributed by atoms with E-state index >= 15 is 0 Å². The second-order valence-corrected chi connectivity index (χ2v) is 4.20. The van der Waals surface area contributed by atoms with Gasteiger partial charge in [-0.1, -0.05) is 0 Å². The number of hydrogen-bond acceptors (Lipinski definition) is 4. The average molecular weight is 263 g/mol. The van der Waals surface area contributed by atoms with E-state index in [0.29, 0.717) is 24.2 Å². The molecule has 0 aliphatic carbocycles. The Hall–Kier alpha value is -2.02. The van der Waals surface area contributed by atoms with Crippen molar-refractivity contribution < 1.29 is 4.79 Å². The van der Waals surface area contributed by atoms with Crippen molar-refractivity contribution in [1.29, 1.82) is 0 Å². The van der Waals surface area contributed by atoms with Crippen molar-refractivity contribution in [3.05, 3.63) is 29.3 Å². The van der Waals surface area contributed by atoms with Gasteiger partial charge in [-0.2, -0.15) is 5.10 Å². The molecular formula is C11H13N5OS. The van der Waals surface area contributed by atoms with Crippen molar-refractivity contribution in [2.75, 3.05) is 0 Å². The van der Waals surface area contributed by atoms with Crippen LogP contribution >= 0.6 is 12.2 Å². The highest BCUT2D eigenvalue weighted by Crippen LogP contribution is 2.16. The van der Waals surface area contributed by atoms with Crippen molar-refractivity contribution in [1.82, 2.24) is 19.7 Å². The van der Waals surface area contributed by atoms with E-state index in [1.165, 1.54) is 0 Å². The molecule has 0 saturated carbocycles. The summed E-state index contributed by atoms with van der Waals surface area (Å²) in [6.07, 6.45) is 4.38. The number of pyridine rings is 1. The Labute approximate surface area is 109 Å². The molecule has 0 aromatic carbocycles. The molecule has 2 aromatic rings. The first kappa shape index (κ1) is 12.4. The first-order chi connectivity index (χ1) is 8.68. The molecule has 2 rings (SSSR count). The van der Waals surface area contributed by atoms with Gasteiger partial charge in [-0.3, -0.25) is 14.9 Å². The zero-order valence-corrected chi connectivity index (χ0v) is 10.5. The molecule has 0 atom stereocenters. The van der Waals surface area contributed by atoms with Crippen LogP contribution in [0.5, 0.6) is 0 Å². The van der Waals surface area contributed by atoms with E-state index < -0.39 is 0 Å². The number of amides is 1. The number of carbonyl (C=O) groups excluding carboxylic acids is 1. The predicted molar refractivity (Wildman–Crippen MR) is 69.1 cm³/mol. The molecule has 6 nitrogen and oxygen atoms in total. The molecule has 0 bridgehead atoms. The summed E-state index contributed by atoms with van der Waals surface area (Å²) >= 11 is 5.16. The van der Waals surface area contributed by atoms with Gasteiger partial charge in [0.25, 0.3) is 0 Å². The van der Waals surface area contributed by atoms with Gasteiger partial charge in [-0.05, 0) is 30.8 Å². The standard InChI is InChI=1S/C11H13N5OS/c12-9(17)4-2-6-16-10(14-15-11(16)18)8-3-1-5-13-7-8/h1,3,5,7H,2,4,6H2,(H2,12,17)(H,15,18). The summed E-state index contributed by atoms with van der Waals surface area (Å²) in [6.45, 7) is 0.600. The van der Waals surface area contributed by atoms with Crippen molar-refractivity contribution in [2.45, 2.75) is 19.4 Å². The first-order valence-electron chi connectivity index (χ1n) is 5.52. The van der Waals surface area contributed by atoms with Crippen molar-refractivity contribution in [3.8, 4) is 11.4 Å². The van der Waals surface area contributed by atoms with Crippen LogP contribution in [0.4, 0.5) is 0 Å². The van der Waals surface area contributed by atoms with Gasteiger partial charge in [-0.25, -0.2) is 0 Å². The third kappa shape index (κ3) is 2.80. The van der Waals surface area contributed by atoms with Crippen LogP contribution in [-0.4, -0.2) is 25.7 Å². The fourth-order valence-corrected chi connectivity index (χ4v) is 1.88. The third-order valence-corrected chi connectivity index (χ3v) is 2.79. The summed E-state index contributed by atoms with van der Waals surface area (Å²) in [5, 5.41) is 6.92. The number of H-pyrrole nitrogens is 1. The maximum Gasteiger partial charge on any atom is 0.217 e. The number of carbonyl (C=O) groups is 1. The van der Waals surface area contributed by atoms with Crippen LogP contribution in [-0.2, 0) is 11.3 Å². The monoisotopic (exact) mass is 263 g/mol. The van der Waals surface area contributed by atoms with E-state index in [0.717, 1.165) is 11.4 Å². The fraction of sp³-hybridized carbons (Fsp3) is 0.273. The quantitative estimate of drug-likeness (QED) is 0.795. The first-order valence-corrected chi connectivity index (χ1v) is 5.93. The highest BCUT2D eigenvalue weighted by atomic mass is 32.1. The van der Waals surface area contributed by atoms with Gasteiger partial charge in [0.2, 0.25) is 5.91 Å². The molecule has 94 valence electrons. The Morgan fingerprint density at radius 1 is 1.56 bits per heavy atom.